The third-order valence-electron chi connectivity index (χ3n) is 8.50. The van der Waals surface area contributed by atoms with Crippen molar-refractivity contribution in [1.29, 1.82) is 0 Å². The van der Waals surface area contributed by atoms with Gasteiger partial charge >= 0.3 is 0 Å². The van der Waals surface area contributed by atoms with E-state index in [4.69, 9.17) is 4.74 Å². The van der Waals surface area contributed by atoms with Crippen molar-refractivity contribution >= 4 is 17.7 Å². The van der Waals surface area contributed by atoms with E-state index in [9.17, 15) is 19.5 Å². The zero-order valence-electron chi connectivity index (χ0n) is 23.8. The first-order valence-electron chi connectivity index (χ1n) is 13.7. The molecule has 1 unspecified atom stereocenters. The summed E-state index contributed by atoms with van der Waals surface area (Å²) in [6.45, 7) is 17.4. The van der Waals surface area contributed by atoms with Gasteiger partial charge < -0.3 is 24.5 Å². The van der Waals surface area contributed by atoms with Gasteiger partial charge in [-0.1, -0.05) is 52.0 Å². The number of aliphatic hydroxyl groups is 1. The van der Waals surface area contributed by atoms with Crippen LogP contribution < -0.4 is 0 Å². The molecule has 8 nitrogen and oxygen atoms in total. The van der Waals surface area contributed by atoms with E-state index in [1.165, 1.54) is 4.90 Å². The lowest BCUT2D eigenvalue weighted by Gasteiger charge is -2.45. The van der Waals surface area contributed by atoms with Crippen molar-refractivity contribution in [2.75, 3.05) is 26.2 Å². The number of hydrogen-bond acceptors (Lipinski definition) is 5. The summed E-state index contributed by atoms with van der Waals surface area (Å²) in [5, 5.41) is 10.1. The maximum atomic E-state index is 14.5. The van der Waals surface area contributed by atoms with Crippen molar-refractivity contribution < 1.29 is 24.2 Å². The summed E-state index contributed by atoms with van der Waals surface area (Å²) in [6, 6.07) is -1.56. The Bertz CT molecular complexity index is 1010. The molecule has 0 aliphatic carbocycles. The Balaban J connectivity index is 1.86. The van der Waals surface area contributed by atoms with Gasteiger partial charge in [-0.15, -0.1) is 0 Å². The number of rotatable bonds is 6. The zero-order chi connectivity index (χ0) is 27.6. The SMILES string of the molecule is CCCN1CC=C[C@@]2(C)O[C@]34C=CCN(C(C)(C)CC(C)(C)C)C(=O)C3N([C@H](C)CO)C(=O)[C@@H]4[C@H]2C1=O. The van der Waals surface area contributed by atoms with Crippen molar-refractivity contribution in [2.45, 2.75) is 97.1 Å². The van der Waals surface area contributed by atoms with Crippen LogP contribution in [0.4, 0.5) is 0 Å². The molecule has 2 fully saturated rings. The second-order valence-electron chi connectivity index (χ2n) is 13.4. The first kappa shape index (κ1) is 27.8. The van der Waals surface area contributed by atoms with Gasteiger partial charge in [-0.3, -0.25) is 14.4 Å². The lowest BCUT2D eigenvalue weighted by atomic mass is 9.74. The molecule has 0 bridgehead atoms. The number of carbonyl (C=O) groups is 3. The van der Waals surface area contributed by atoms with E-state index in [0.717, 1.165) is 12.8 Å². The zero-order valence-corrected chi connectivity index (χ0v) is 23.8. The monoisotopic (exact) mass is 515 g/mol. The van der Waals surface area contributed by atoms with E-state index in [1.54, 1.807) is 11.8 Å². The molecule has 3 amide bonds. The second-order valence-corrected chi connectivity index (χ2v) is 13.4. The van der Waals surface area contributed by atoms with E-state index in [1.807, 2.05) is 43.1 Å². The fourth-order valence-electron chi connectivity index (χ4n) is 7.48. The van der Waals surface area contributed by atoms with Crippen LogP contribution in [-0.2, 0) is 19.1 Å². The number of amides is 3. The van der Waals surface area contributed by atoms with Gasteiger partial charge in [0.25, 0.3) is 0 Å². The van der Waals surface area contributed by atoms with Crippen LogP contribution in [0.5, 0.6) is 0 Å². The Morgan fingerprint density at radius 2 is 1.68 bits per heavy atom. The van der Waals surface area contributed by atoms with Gasteiger partial charge in [-0.25, -0.2) is 0 Å². The molecule has 2 saturated heterocycles. The second kappa shape index (κ2) is 9.23. The smallest absolute Gasteiger partial charge is 0.249 e. The van der Waals surface area contributed by atoms with Gasteiger partial charge in [0.15, 0.2) is 0 Å². The molecule has 8 heteroatoms. The van der Waals surface area contributed by atoms with Crippen LogP contribution in [0.15, 0.2) is 24.3 Å². The van der Waals surface area contributed by atoms with Crippen LogP contribution >= 0.6 is 0 Å². The summed E-state index contributed by atoms with van der Waals surface area (Å²) in [5.41, 5.74) is -2.82. The molecule has 0 aromatic rings. The van der Waals surface area contributed by atoms with E-state index in [0.29, 0.717) is 19.6 Å². The predicted molar refractivity (Wildman–Crippen MR) is 141 cm³/mol. The van der Waals surface area contributed by atoms with E-state index < -0.39 is 40.7 Å². The molecular weight excluding hydrogens is 470 g/mol. The van der Waals surface area contributed by atoms with Crippen LogP contribution in [0.1, 0.15) is 68.2 Å². The highest BCUT2D eigenvalue weighted by Crippen LogP contribution is 2.58. The molecule has 0 aromatic carbocycles. The summed E-state index contributed by atoms with van der Waals surface area (Å²) in [6.07, 6.45) is 9.23. The van der Waals surface area contributed by atoms with E-state index in [-0.39, 0.29) is 29.7 Å². The fraction of sp³-hybridized carbons (Fsp3) is 0.759. The van der Waals surface area contributed by atoms with Crippen molar-refractivity contribution in [3.63, 3.8) is 0 Å². The average Bonchev–Trinajstić information content (AvgIpc) is 3.05. The quantitative estimate of drug-likeness (QED) is 0.550. The first-order chi connectivity index (χ1) is 17.1. The number of fused-ring (bicyclic) bond motifs is 2. The Hall–Kier alpha value is -2.19. The van der Waals surface area contributed by atoms with Crippen molar-refractivity contribution in [1.82, 2.24) is 14.7 Å². The number of ether oxygens (including phenoxy) is 1. The third kappa shape index (κ3) is 4.34. The Morgan fingerprint density at radius 1 is 1.03 bits per heavy atom. The van der Waals surface area contributed by atoms with E-state index >= 15 is 0 Å². The Labute approximate surface area is 221 Å². The lowest BCUT2D eigenvalue weighted by molar-refractivity contribution is -0.158. The molecule has 1 N–H and O–H groups in total. The average molecular weight is 516 g/mol. The van der Waals surface area contributed by atoms with Crippen LogP contribution in [0.25, 0.3) is 0 Å². The first-order valence-corrected chi connectivity index (χ1v) is 13.7. The maximum absolute atomic E-state index is 14.5. The van der Waals surface area contributed by atoms with Gasteiger partial charge in [-0.2, -0.15) is 0 Å². The van der Waals surface area contributed by atoms with Crippen LogP contribution in [0.2, 0.25) is 0 Å². The highest BCUT2D eigenvalue weighted by molar-refractivity contribution is 6.00. The van der Waals surface area contributed by atoms with Crippen LogP contribution in [0.3, 0.4) is 0 Å². The summed E-state index contributed by atoms with van der Waals surface area (Å²) in [4.78, 5) is 47.8. The van der Waals surface area contributed by atoms with Crippen LogP contribution in [-0.4, -0.2) is 92.6 Å². The summed E-state index contributed by atoms with van der Waals surface area (Å²) < 4.78 is 6.84. The fourth-order valence-corrected chi connectivity index (χ4v) is 7.48. The number of hydrogen-bond donors (Lipinski definition) is 1. The standard InChI is InChI=1S/C29H45N3O5/c1-9-14-30-15-10-12-28(8)20(23(30)34)21-24(35)32(19(2)17-33)22-25(36)31(16-11-13-29(21,22)37-28)27(6,7)18-26(3,4)5/h10-13,19-22,33H,9,14-18H2,1-8H3/t19-,20+,21+,22?,28-,29+/m1/s1. The van der Waals surface area contributed by atoms with Gasteiger partial charge in [0.2, 0.25) is 17.7 Å². The van der Waals surface area contributed by atoms with Crippen molar-refractivity contribution in [3.8, 4) is 0 Å². The molecule has 6 atom stereocenters. The minimum atomic E-state index is -1.29. The number of carbonyl (C=O) groups excluding carboxylic acids is 3. The molecule has 0 radical (unpaired) electrons. The van der Waals surface area contributed by atoms with Gasteiger partial charge in [0, 0.05) is 25.2 Å². The summed E-state index contributed by atoms with van der Waals surface area (Å²) in [5.74, 6) is -2.21. The molecule has 4 heterocycles. The lowest BCUT2D eigenvalue weighted by Crippen LogP contribution is -2.61. The molecule has 37 heavy (non-hydrogen) atoms. The van der Waals surface area contributed by atoms with Gasteiger partial charge in [0.1, 0.15) is 11.6 Å². The van der Waals surface area contributed by atoms with Crippen molar-refractivity contribution in [3.05, 3.63) is 24.3 Å². The maximum Gasteiger partial charge on any atom is 0.249 e. The molecule has 0 aromatic heterocycles. The summed E-state index contributed by atoms with van der Waals surface area (Å²) in [7, 11) is 0. The molecular formula is C29H45N3O5. The van der Waals surface area contributed by atoms with Crippen LogP contribution in [0, 0.1) is 17.3 Å². The molecule has 4 aliphatic rings. The predicted octanol–water partition coefficient (Wildman–Crippen LogP) is 2.76. The number of aliphatic hydroxyl groups excluding tert-OH is 1. The molecule has 0 saturated carbocycles. The number of nitrogens with zero attached hydrogens (tertiary/aromatic N) is 3. The topological polar surface area (TPSA) is 90.4 Å². The van der Waals surface area contributed by atoms with Gasteiger partial charge in [0.05, 0.1) is 30.1 Å². The minimum absolute atomic E-state index is 0.0198. The molecule has 4 rings (SSSR count). The molecule has 1 spiro atoms. The van der Waals surface area contributed by atoms with Crippen molar-refractivity contribution in [2.24, 2.45) is 17.3 Å². The molecule has 206 valence electrons. The molecule has 4 aliphatic heterocycles. The van der Waals surface area contributed by atoms with Gasteiger partial charge in [-0.05, 0) is 46.0 Å². The normalized spacial score (nSPS) is 34.9. The number of likely N-dealkylation sites (tertiary alicyclic amines) is 1. The highest BCUT2D eigenvalue weighted by atomic mass is 16.5. The Morgan fingerprint density at radius 3 is 2.27 bits per heavy atom. The highest BCUT2D eigenvalue weighted by Gasteiger charge is 2.75. The third-order valence-corrected chi connectivity index (χ3v) is 8.50. The largest absolute Gasteiger partial charge is 0.394 e. The summed E-state index contributed by atoms with van der Waals surface area (Å²) >= 11 is 0. The van der Waals surface area contributed by atoms with E-state index in [2.05, 4.69) is 34.6 Å². The minimum Gasteiger partial charge on any atom is -0.394 e. The Kier molecular flexibility index (Phi) is 6.94.